The van der Waals surface area contributed by atoms with Crippen molar-refractivity contribution >= 4 is 22.7 Å². The Morgan fingerprint density at radius 2 is 0.833 bits per heavy atom. The van der Waals surface area contributed by atoms with Crippen LogP contribution in [0.1, 0.15) is 50.2 Å². The van der Waals surface area contributed by atoms with Crippen LogP contribution in [0.25, 0.3) is 22.5 Å². The highest BCUT2D eigenvalue weighted by atomic mass is 16.3. The minimum Gasteiger partial charge on any atom is -0.492 e. The largest absolute Gasteiger partial charge is 0.492 e. The summed E-state index contributed by atoms with van der Waals surface area (Å²) in [6.45, 7) is 15.6. The molecule has 2 heterocycles. The molecular formula is C38H42N8O2. The van der Waals surface area contributed by atoms with Crippen molar-refractivity contribution in [3.63, 3.8) is 0 Å². The first kappa shape index (κ1) is 35.0. The van der Waals surface area contributed by atoms with Crippen molar-refractivity contribution in [1.82, 2.24) is 19.6 Å². The van der Waals surface area contributed by atoms with Gasteiger partial charge in [-0.3, -0.25) is 0 Å². The zero-order valence-corrected chi connectivity index (χ0v) is 28.7. The molecular weight excluding hydrogens is 600 g/mol. The highest BCUT2D eigenvalue weighted by molar-refractivity contribution is 5.74. The second-order valence-corrected chi connectivity index (χ2v) is 10.4. The Bertz CT molecular complexity index is 1880. The number of rotatable bonds is 7. The SMILES string of the molecule is CC.CC.Cc1cc(N=Nc2c(C)nn(-c3ccccc3)c2O)ccc1-c1ccc(N=Nc2c(C)nn(-c3ccccc3)c2O)cc1C. The third-order valence-electron chi connectivity index (χ3n) is 7.25. The third-order valence-corrected chi connectivity index (χ3v) is 7.25. The Hall–Kier alpha value is -5.90. The van der Waals surface area contributed by atoms with Gasteiger partial charge < -0.3 is 10.2 Å². The van der Waals surface area contributed by atoms with Crippen LogP contribution in [0.5, 0.6) is 11.8 Å². The number of para-hydroxylation sites is 2. The van der Waals surface area contributed by atoms with Crippen LogP contribution in [0.2, 0.25) is 0 Å². The summed E-state index contributed by atoms with van der Waals surface area (Å²) in [5, 5.41) is 47.7. The molecule has 246 valence electrons. The maximum absolute atomic E-state index is 10.7. The predicted octanol–water partition coefficient (Wildman–Crippen LogP) is 11.3. The molecule has 0 spiro atoms. The van der Waals surface area contributed by atoms with Crippen LogP contribution in [-0.4, -0.2) is 29.8 Å². The third kappa shape index (κ3) is 7.55. The van der Waals surface area contributed by atoms with Crippen molar-refractivity contribution in [1.29, 1.82) is 0 Å². The van der Waals surface area contributed by atoms with E-state index in [1.165, 1.54) is 9.36 Å². The summed E-state index contributed by atoms with van der Waals surface area (Å²) in [5.41, 5.74) is 8.76. The van der Waals surface area contributed by atoms with Crippen molar-refractivity contribution in [2.24, 2.45) is 20.5 Å². The number of aromatic nitrogens is 4. The van der Waals surface area contributed by atoms with E-state index in [1.54, 1.807) is 13.8 Å². The molecule has 0 bridgehead atoms. The van der Waals surface area contributed by atoms with E-state index in [1.807, 2.05) is 139 Å². The zero-order valence-electron chi connectivity index (χ0n) is 28.7. The van der Waals surface area contributed by atoms with Crippen LogP contribution in [-0.2, 0) is 0 Å². The van der Waals surface area contributed by atoms with Crippen LogP contribution in [0, 0.1) is 27.7 Å². The van der Waals surface area contributed by atoms with Gasteiger partial charge in [0.05, 0.1) is 34.1 Å². The van der Waals surface area contributed by atoms with Gasteiger partial charge in [-0.15, -0.1) is 10.2 Å². The quantitative estimate of drug-likeness (QED) is 0.168. The summed E-state index contributed by atoms with van der Waals surface area (Å²) in [6.07, 6.45) is 0. The molecule has 0 radical (unpaired) electrons. The van der Waals surface area contributed by atoms with E-state index in [2.05, 4.69) is 30.7 Å². The second-order valence-electron chi connectivity index (χ2n) is 10.4. The molecule has 0 fully saturated rings. The fraction of sp³-hybridized carbons (Fsp3) is 0.211. The molecule has 10 heteroatoms. The number of azo groups is 2. The number of nitrogens with zero attached hydrogens (tertiary/aromatic N) is 8. The molecule has 10 nitrogen and oxygen atoms in total. The maximum atomic E-state index is 10.7. The molecule has 48 heavy (non-hydrogen) atoms. The number of aryl methyl sites for hydroxylation is 4. The van der Waals surface area contributed by atoms with Crippen molar-refractivity contribution < 1.29 is 10.2 Å². The molecule has 0 unspecified atom stereocenters. The van der Waals surface area contributed by atoms with Gasteiger partial charge in [-0.2, -0.15) is 29.8 Å². The normalized spacial score (nSPS) is 10.9. The fourth-order valence-corrected chi connectivity index (χ4v) is 4.99. The summed E-state index contributed by atoms with van der Waals surface area (Å²) in [7, 11) is 0. The summed E-state index contributed by atoms with van der Waals surface area (Å²) in [5.74, 6) is -0.122. The molecule has 0 amide bonds. The molecule has 0 atom stereocenters. The van der Waals surface area contributed by atoms with Gasteiger partial charge >= 0.3 is 0 Å². The standard InChI is InChI=1S/C34H30N8O2.2C2H6/c1-21-19-25(35-37-31-23(3)39-41(33(31)43)27-11-7-5-8-12-27)15-17-29(21)30-18-16-26(20-22(30)2)36-38-32-24(4)40-42(34(32)44)28-13-9-6-10-14-28;2*1-2/h5-20,43-44H,1-4H3;2*1-2H3. The monoisotopic (exact) mass is 642 g/mol. The second kappa shape index (κ2) is 16.1. The lowest BCUT2D eigenvalue weighted by Crippen LogP contribution is -1.94. The van der Waals surface area contributed by atoms with Gasteiger partial charge in [-0.05, 0) is 98.5 Å². The number of benzene rings is 4. The molecule has 0 aliphatic carbocycles. The summed E-state index contributed by atoms with van der Waals surface area (Å²) in [6, 6.07) is 30.5. The first-order chi connectivity index (χ1) is 23.3. The van der Waals surface area contributed by atoms with E-state index < -0.39 is 0 Å². The van der Waals surface area contributed by atoms with E-state index in [0.29, 0.717) is 34.1 Å². The van der Waals surface area contributed by atoms with Gasteiger partial charge in [0.25, 0.3) is 0 Å². The molecule has 2 aromatic heterocycles. The first-order valence-electron chi connectivity index (χ1n) is 16.0. The van der Waals surface area contributed by atoms with Crippen LogP contribution < -0.4 is 0 Å². The summed E-state index contributed by atoms with van der Waals surface area (Å²) in [4.78, 5) is 0. The van der Waals surface area contributed by atoms with E-state index in [4.69, 9.17) is 0 Å². The van der Waals surface area contributed by atoms with E-state index in [0.717, 1.165) is 33.6 Å². The van der Waals surface area contributed by atoms with E-state index in [-0.39, 0.29) is 11.8 Å². The van der Waals surface area contributed by atoms with Crippen molar-refractivity contribution in [2.45, 2.75) is 55.4 Å². The molecule has 6 aromatic rings. The van der Waals surface area contributed by atoms with Crippen molar-refractivity contribution in [2.75, 3.05) is 0 Å². The van der Waals surface area contributed by atoms with Crippen LogP contribution in [0.4, 0.5) is 22.7 Å². The van der Waals surface area contributed by atoms with Crippen LogP contribution in [0.15, 0.2) is 118 Å². The Morgan fingerprint density at radius 3 is 1.17 bits per heavy atom. The Kier molecular flexibility index (Phi) is 11.7. The molecule has 0 aliphatic rings. The summed E-state index contributed by atoms with van der Waals surface area (Å²) < 4.78 is 2.90. The first-order valence-corrected chi connectivity index (χ1v) is 16.0. The fourth-order valence-electron chi connectivity index (χ4n) is 4.99. The lowest BCUT2D eigenvalue weighted by molar-refractivity contribution is 0.434. The average molecular weight is 643 g/mol. The predicted molar refractivity (Wildman–Crippen MR) is 192 cm³/mol. The van der Waals surface area contributed by atoms with Gasteiger partial charge in [0.1, 0.15) is 0 Å². The number of hydrogen-bond donors (Lipinski definition) is 2. The summed E-state index contributed by atoms with van der Waals surface area (Å²) >= 11 is 0. The minimum absolute atomic E-state index is 0.0611. The highest BCUT2D eigenvalue weighted by Crippen LogP contribution is 2.37. The van der Waals surface area contributed by atoms with Gasteiger partial charge in [-0.25, -0.2) is 0 Å². The smallest absolute Gasteiger partial charge is 0.243 e. The lowest BCUT2D eigenvalue weighted by atomic mass is 9.96. The maximum Gasteiger partial charge on any atom is 0.243 e. The average Bonchev–Trinajstić information content (AvgIpc) is 3.57. The Balaban J connectivity index is 0.00000125. The zero-order chi connectivity index (χ0) is 34.8. The van der Waals surface area contributed by atoms with Gasteiger partial charge in [0.15, 0.2) is 11.4 Å². The number of aromatic hydroxyl groups is 2. The number of hydrogen-bond acceptors (Lipinski definition) is 8. The molecule has 0 aliphatic heterocycles. The van der Waals surface area contributed by atoms with Crippen molar-refractivity contribution in [3.05, 3.63) is 120 Å². The highest BCUT2D eigenvalue weighted by Gasteiger charge is 2.17. The molecule has 6 rings (SSSR count). The molecule has 2 N–H and O–H groups in total. The molecule has 0 saturated heterocycles. The van der Waals surface area contributed by atoms with Gasteiger partial charge in [0, 0.05) is 0 Å². The Morgan fingerprint density at radius 1 is 0.479 bits per heavy atom. The van der Waals surface area contributed by atoms with Gasteiger partial charge in [-0.1, -0.05) is 76.2 Å². The van der Waals surface area contributed by atoms with E-state index >= 15 is 0 Å². The topological polar surface area (TPSA) is 126 Å². The Labute approximate surface area is 281 Å². The van der Waals surface area contributed by atoms with Crippen LogP contribution in [0.3, 0.4) is 0 Å². The molecule has 0 saturated carbocycles. The molecule has 4 aromatic carbocycles. The lowest BCUT2D eigenvalue weighted by Gasteiger charge is -2.10. The minimum atomic E-state index is -0.0611. The van der Waals surface area contributed by atoms with Crippen molar-refractivity contribution in [3.8, 4) is 34.3 Å². The van der Waals surface area contributed by atoms with Gasteiger partial charge in [0.2, 0.25) is 11.8 Å². The van der Waals surface area contributed by atoms with E-state index in [9.17, 15) is 10.2 Å². The van der Waals surface area contributed by atoms with Crippen LogP contribution >= 0.6 is 0 Å².